The number of benzene rings is 1. The van der Waals surface area contributed by atoms with Crippen LogP contribution in [0.2, 0.25) is 0 Å². The van der Waals surface area contributed by atoms with Crippen LogP contribution in [0.15, 0.2) is 41.1 Å². The Bertz CT molecular complexity index is 673. The highest BCUT2D eigenvalue weighted by Gasteiger charge is 2.21. The SMILES string of the molecule is N#Cc1ccc(CN2CCC(Oc3ncc(Br)cn3)CC2)cc1. The van der Waals surface area contributed by atoms with E-state index in [0.717, 1.165) is 36.9 Å². The molecule has 1 aromatic carbocycles. The van der Waals surface area contributed by atoms with Gasteiger partial charge in [-0.15, -0.1) is 0 Å². The van der Waals surface area contributed by atoms with Crippen molar-refractivity contribution in [2.45, 2.75) is 25.5 Å². The molecule has 2 heterocycles. The molecule has 23 heavy (non-hydrogen) atoms. The topological polar surface area (TPSA) is 62.0 Å². The quantitative estimate of drug-likeness (QED) is 0.824. The minimum absolute atomic E-state index is 0.174. The van der Waals surface area contributed by atoms with Gasteiger partial charge >= 0.3 is 6.01 Å². The van der Waals surface area contributed by atoms with Gasteiger partial charge in [0, 0.05) is 32.0 Å². The normalized spacial score (nSPS) is 16.0. The molecule has 1 aromatic heterocycles. The molecule has 118 valence electrons. The molecule has 0 bridgehead atoms. The largest absolute Gasteiger partial charge is 0.460 e. The van der Waals surface area contributed by atoms with Crippen LogP contribution in [0.5, 0.6) is 6.01 Å². The zero-order chi connectivity index (χ0) is 16.1. The molecule has 0 spiro atoms. The third-order valence-electron chi connectivity index (χ3n) is 3.89. The maximum atomic E-state index is 8.83. The Labute approximate surface area is 144 Å². The molecule has 1 fully saturated rings. The highest BCUT2D eigenvalue weighted by Crippen LogP contribution is 2.18. The van der Waals surface area contributed by atoms with E-state index < -0.39 is 0 Å². The van der Waals surface area contributed by atoms with Gasteiger partial charge < -0.3 is 4.74 Å². The van der Waals surface area contributed by atoms with Crippen LogP contribution in [-0.2, 0) is 6.54 Å². The lowest BCUT2D eigenvalue weighted by Crippen LogP contribution is -2.38. The molecule has 6 heteroatoms. The predicted octanol–water partition coefficient (Wildman–Crippen LogP) is 3.15. The minimum atomic E-state index is 0.174. The van der Waals surface area contributed by atoms with Gasteiger partial charge in [0.05, 0.1) is 16.1 Å². The van der Waals surface area contributed by atoms with E-state index in [2.05, 4.69) is 36.9 Å². The second-order valence-corrected chi connectivity index (χ2v) is 6.50. The average Bonchev–Trinajstić information content (AvgIpc) is 2.59. The molecule has 2 aromatic rings. The van der Waals surface area contributed by atoms with Crippen LogP contribution in [0.3, 0.4) is 0 Å². The van der Waals surface area contributed by atoms with Crippen LogP contribution >= 0.6 is 15.9 Å². The molecule has 3 rings (SSSR count). The third-order valence-corrected chi connectivity index (χ3v) is 4.30. The molecule has 0 saturated carbocycles. The molecule has 1 saturated heterocycles. The number of hydrogen-bond donors (Lipinski definition) is 0. The first-order valence-electron chi connectivity index (χ1n) is 7.58. The van der Waals surface area contributed by atoms with E-state index in [9.17, 15) is 0 Å². The van der Waals surface area contributed by atoms with Crippen molar-refractivity contribution in [3.05, 3.63) is 52.3 Å². The lowest BCUT2D eigenvalue weighted by atomic mass is 10.1. The van der Waals surface area contributed by atoms with Crippen molar-refractivity contribution in [2.75, 3.05) is 13.1 Å². The van der Waals surface area contributed by atoms with Crippen molar-refractivity contribution < 1.29 is 4.74 Å². The number of rotatable bonds is 4. The van der Waals surface area contributed by atoms with Crippen LogP contribution in [0.1, 0.15) is 24.0 Å². The van der Waals surface area contributed by atoms with E-state index in [1.165, 1.54) is 5.56 Å². The van der Waals surface area contributed by atoms with Gasteiger partial charge in [-0.1, -0.05) is 12.1 Å². The van der Waals surface area contributed by atoms with Gasteiger partial charge in [-0.05, 0) is 46.5 Å². The molecular weight excluding hydrogens is 356 g/mol. The molecule has 0 N–H and O–H groups in total. The molecule has 0 aliphatic carbocycles. The molecule has 5 nitrogen and oxygen atoms in total. The van der Waals surface area contributed by atoms with Gasteiger partial charge in [0.1, 0.15) is 6.10 Å². The van der Waals surface area contributed by atoms with E-state index >= 15 is 0 Å². The fraction of sp³-hybridized carbons (Fsp3) is 0.353. The first-order chi connectivity index (χ1) is 11.2. The second kappa shape index (κ2) is 7.53. The molecule has 0 radical (unpaired) electrons. The summed E-state index contributed by atoms with van der Waals surface area (Å²) in [7, 11) is 0. The standard InChI is InChI=1S/C17H17BrN4O/c18-15-10-20-17(21-11-15)23-16-5-7-22(8-6-16)12-14-3-1-13(9-19)2-4-14/h1-4,10-11,16H,5-8,12H2. The van der Waals surface area contributed by atoms with Crippen LogP contribution in [-0.4, -0.2) is 34.1 Å². The fourth-order valence-electron chi connectivity index (χ4n) is 2.64. The zero-order valence-electron chi connectivity index (χ0n) is 12.7. The number of nitriles is 1. The molecule has 0 amide bonds. The minimum Gasteiger partial charge on any atom is -0.460 e. The maximum absolute atomic E-state index is 8.83. The van der Waals surface area contributed by atoms with Crippen molar-refractivity contribution in [3.8, 4) is 12.1 Å². The number of aromatic nitrogens is 2. The van der Waals surface area contributed by atoms with E-state index in [0.29, 0.717) is 11.6 Å². The molecule has 0 atom stereocenters. The van der Waals surface area contributed by atoms with E-state index in [-0.39, 0.29) is 6.10 Å². The number of ether oxygens (including phenoxy) is 1. The Hall–Kier alpha value is -1.97. The summed E-state index contributed by atoms with van der Waals surface area (Å²) < 4.78 is 6.68. The summed E-state index contributed by atoms with van der Waals surface area (Å²) in [5, 5.41) is 8.83. The number of halogens is 1. The van der Waals surface area contributed by atoms with Crippen molar-refractivity contribution in [1.82, 2.24) is 14.9 Å². The molecule has 1 aliphatic heterocycles. The Morgan fingerprint density at radius 3 is 2.43 bits per heavy atom. The lowest BCUT2D eigenvalue weighted by Gasteiger charge is -2.31. The first kappa shape index (κ1) is 15.9. The number of piperidine rings is 1. The Morgan fingerprint density at radius 2 is 1.83 bits per heavy atom. The summed E-state index contributed by atoms with van der Waals surface area (Å²) in [6.07, 6.45) is 5.50. The van der Waals surface area contributed by atoms with Crippen LogP contribution < -0.4 is 4.74 Å². The number of nitrogens with zero attached hydrogens (tertiary/aromatic N) is 4. The predicted molar refractivity (Wildman–Crippen MR) is 89.8 cm³/mol. The summed E-state index contributed by atoms with van der Waals surface area (Å²) in [5.41, 5.74) is 1.94. The van der Waals surface area contributed by atoms with Crippen LogP contribution in [0.4, 0.5) is 0 Å². The Kier molecular flexibility index (Phi) is 5.21. The van der Waals surface area contributed by atoms with Crippen molar-refractivity contribution in [2.24, 2.45) is 0 Å². The average molecular weight is 373 g/mol. The summed E-state index contributed by atoms with van der Waals surface area (Å²) in [5.74, 6) is 0. The van der Waals surface area contributed by atoms with Crippen molar-refractivity contribution in [1.29, 1.82) is 5.26 Å². The van der Waals surface area contributed by atoms with Gasteiger partial charge in [-0.3, -0.25) is 4.90 Å². The summed E-state index contributed by atoms with van der Waals surface area (Å²) >= 11 is 3.31. The van der Waals surface area contributed by atoms with E-state index in [1.807, 2.05) is 24.3 Å². The van der Waals surface area contributed by atoms with Gasteiger partial charge in [0.15, 0.2) is 0 Å². The van der Waals surface area contributed by atoms with E-state index in [1.54, 1.807) is 12.4 Å². The summed E-state index contributed by atoms with van der Waals surface area (Å²) in [6, 6.07) is 10.4. The van der Waals surface area contributed by atoms with Crippen molar-refractivity contribution in [3.63, 3.8) is 0 Å². The molecule has 1 aliphatic rings. The highest BCUT2D eigenvalue weighted by molar-refractivity contribution is 9.10. The highest BCUT2D eigenvalue weighted by atomic mass is 79.9. The zero-order valence-corrected chi connectivity index (χ0v) is 14.2. The smallest absolute Gasteiger partial charge is 0.316 e. The maximum Gasteiger partial charge on any atom is 0.316 e. The molecular formula is C17H17BrN4O. The monoisotopic (exact) mass is 372 g/mol. The second-order valence-electron chi connectivity index (χ2n) is 5.59. The molecule has 0 unspecified atom stereocenters. The fourth-order valence-corrected chi connectivity index (χ4v) is 2.84. The Morgan fingerprint density at radius 1 is 1.17 bits per heavy atom. The van der Waals surface area contributed by atoms with Gasteiger partial charge in [-0.2, -0.15) is 5.26 Å². The van der Waals surface area contributed by atoms with Crippen LogP contribution in [0, 0.1) is 11.3 Å². The number of hydrogen-bond acceptors (Lipinski definition) is 5. The number of likely N-dealkylation sites (tertiary alicyclic amines) is 1. The lowest BCUT2D eigenvalue weighted by molar-refractivity contribution is 0.0892. The van der Waals surface area contributed by atoms with Crippen LogP contribution in [0.25, 0.3) is 0 Å². The van der Waals surface area contributed by atoms with Gasteiger partial charge in [0.25, 0.3) is 0 Å². The van der Waals surface area contributed by atoms with Gasteiger partial charge in [-0.25, -0.2) is 9.97 Å². The van der Waals surface area contributed by atoms with E-state index in [4.69, 9.17) is 10.00 Å². The van der Waals surface area contributed by atoms with Gasteiger partial charge in [0.2, 0.25) is 0 Å². The Balaban J connectivity index is 1.48. The summed E-state index contributed by atoms with van der Waals surface area (Å²) in [4.78, 5) is 10.7. The first-order valence-corrected chi connectivity index (χ1v) is 8.38. The van der Waals surface area contributed by atoms with Crippen molar-refractivity contribution >= 4 is 15.9 Å². The summed E-state index contributed by atoms with van der Waals surface area (Å²) in [6.45, 7) is 2.88. The third kappa shape index (κ3) is 4.50.